The van der Waals surface area contributed by atoms with Gasteiger partial charge in [-0.05, 0) is 36.8 Å². The molecule has 0 aliphatic heterocycles. The van der Waals surface area contributed by atoms with Crippen molar-refractivity contribution in [3.63, 3.8) is 0 Å². The second-order valence-electron chi connectivity index (χ2n) is 3.95. The van der Waals surface area contributed by atoms with Crippen molar-refractivity contribution in [3.05, 3.63) is 57.8 Å². The molecule has 0 amide bonds. The molecule has 1 aromatic carbocycles. The maximum atomic E-state index is 5.94. The Labute approximate surface area is 120 Å². The van der Waals surface area contributed by atoms with Crippen molar-refractivity contribution >= 4 is 27.5 Å². The zero-order valence-electron chi connectivity index (χ0n) is 9.99. The Kier molecular flexibility index (Phi) is 4.61. The number of alkyl halides is 1. The number of hydrogen-bond acceptors (Lipinski definition) is 2. The van der Waals surface area contributed by atoms with Gasteiger partial charge in [-0.2, -0.15) is 0 Å². The van der Waals surface area contributed by atoms with Crippen molar-refractivity contribution in [3.8, 4) is 5.75 Å². The number of ether oxygens (including phenoxy) is 1. The second-order valence-corrected chi connectivity index (χ2v) is 5.14. The van der Waals surface area contributed by atoms with Crippen LogP contribution in [0.15, 0.2) is 41.0 Å². The minimum atomic E-state index is 0.428. The third-order valence-corrected chi connectivity index (χ3v) is 3.30. The van der Waals surface area contributed by atoms with Gasteiger partial charge in [0.25, 0.3) is 0 Å². The summed E-state index contributed by atoms with van der Waals surface area (Å²) in [6.07, 6.45) is 1.76. The molecule has 0 N–H and O–H groups in total. The lowest BCUT2D eigenvalue weighted by Crippen LogP contribution is -2.01. The minimum Gasteiger partial charge on any atom is -0.487 e. The first-order valence-corrected chi connectivity index (χ1v) is 6.91. The highest BCUT2D eigenvalue weighted by atomic mass is 79.9. The molecule has 0 fully saturated rings. The number of hydrogen-bond donors (Lipinski definition) is 0. The van der Waals surface area contributed by atoms with Crippen LogP contribution in [0.1, 0.15) is 16.8 Å². The van der Waals surface area contributed by atoms with Gasteiger partial charge in [0.05, 0.1) is 11.6 Å². The fourth-order valence-electron chi connectivity index (χ4n) is 1.73. The van der Waals surface area contributed by atoms with Gasteiger partial charge in [-0.1, -0.05) is 22.0 Å². The van der Waals surface area contributed by atoms with E-state index < -0.39 is 0 Å². The standard InChI is InChI=1S/C14H13BrClNO/c1-10-6-12(15)7-11(8-16)14(10)18-9-13-4-2-3-5-17-13/h2-7H,8-9H2,1H3. The minimum absolute atomic E-state index is 0.428. The van der Waals surface area contributed by atoms with Crippen LogP contribution in [-0.4, -0.2) is 4.98 Å². The fraction of sp³-hybridized carbons (Fsp3) is 0.214. The van der Waals surface area contributed by atoms with Crippen LogP contribution in [0.25, 0.3) is 0 Å². The molecule has 0 spiro atoms. The maximum absolute atomic E-state index is 5.94. The summed E-state index contributed by atoms with van der Waals surface area (Å²) in [5, 5.41) is 0. The molecule has 0 saturated heterocycles. The third-order valence-electron chi connectivity index (χ3n) is 2.55. The Morgan fingerprint density at radius 3 is 2.83 bits per heavy atom. The summed E-state index contributed by atoms with van der Waals surface area (Å²) in [5.41, 5.74) is 2.95. The van der Waals surface area contributed by atoms with E-state index in [1.54, 1.807) is 6.20 Å². The first-order valence-electron chi connectivity index (χ1n) is 5.58. The molecule has 18 heavy (non-hydrogen) atoms. The highest BCUT2D eigenvalue weighted by molar-refractivity contribution is 9.10. The molecule has 0 unspecified atom stereocenters. The van der Waals surface area contributed by atoms with E-state index in [0.29, 0.717) is 12.5 Å². The second kappa shape index (κ2) is 6.21. The molecule has 0 aliphatic carbocycles. The van der Waals surface area contributed by atoms with Crippen molar-refractivity contribution in [2.45, 2.75) is 19.4 Å². The zero-order valence-corrected chi connectivity index (χ0v) is 12.3. The van der Waals surface area contributed by atoms with E-state index in [1.165, 1.54) is 0 Å². The third kappa shape index (κ3) is 3.24. The van der Waals surface area contributed by atoms with Crippen molar-refractivity contribution in [2.75, 3.05) is 0 Å². The first kappa shape index (κ1) is 13.4. The van der Waals surface area contributed by atoms with Gasteiger partial charge in [-0.3, -0.25) is 4.98 Å². The molecule has 1 aromatic heterocycles. The van der Waals surface area contributed by atoms with Crippen molar-refractivity contribution in [1.82, 2.24) is 4.98 Å². The normalized spacial score (nSPS) is 10.4. The van der Waals surface area contributed by atoms with Crippen LogP contribution in [0.3, 0.4) is 0 Å². The van der Waals surface area contributed by atoms with Crippen molar-refractivity contribution in [1.29, 1.82) is 0 Å². The number of nitrogens with zero attached hydrogens (tertiary/aromatic N) is 1. The Hall–Kier alpha value is -1.06. The van der Waals surface area contributed by atoms with Crippen LogP contribution in [0, 0.1) is 6.92 Å². The Morgan fingerprint density at radius 1 is 1.33 bits per heavy atom. The van der Waals surface area contributed by atoms with Crippen LogP contribution in [0.5, 0.6) is 5.75 Å². The summed E-state index contributed by atoms with van der Waals surface area (Å²) in [5.74, 6) is 1.27. The molecule has 0 atom stereocenters. The number of aryl methyl sites for hydroxylation is 1. The van der Waals surface area contributed by atoms with E-state index in [9.17, 15) is 0 Å². The van der Waals surface area contributed by atoms with Crippen LogP contribution in [0.4, 0.5) is 0 Å². The highest BCUT2D eigenvalue weighted by Gasteiger charge is 2.08. The summed E-state index contributed by atoms with van der Waals surface area (Å²) < 4.78 is 6.85. The van der Waals surface area contributed by atoms with E-state index in [4.69, 9.17) is 16.3 Å². The van der Waals surface area contributed by atoms with E-state index in [-0.39, 0.29) is 0 Å². The summed E-state index contributed by atoms with van der Waals surface area (Å²) in [6, 6.07) is 9.77. The molecule has 0 bridgehead atoms. The molecule has 2 nitrogen and oxygen atoms in total. The molecule has 2 rings (SSSR count). The first-order chi connectivity index (χ1) is 8.70. The Morgan fingerprint density at radius 2 is 2.17 bits per heavy atom. The number of halogens is 2. The van der Waals surface area contributed by atoms with Crippen LogP contribution in [-0.2, 0) is 12.5 Å². The van der Waals surface area contributed by atoms with E-state index in [1.807, 2.05) is 37.3 Å². The van der Waals surface area contributed by atoms with Crippen LogP contribution >= 0.6 is 27.5 Å². The fourth-order valence-corrected chi connectivity index (χ4v) is 2.55. The summed E-state index contributed by atoms with van der Waals surface area (Å²) in [4.78, 5) is 4.23. The average molecular weight is 327 g/mol. The maximum Gasteiger partial charge on any atom is 0.130 e. The lowest BCUT2D eigenvalue weighted by atomic mass is 10.1. The number of rotatable bonds is 4. The largest absolute Gasteiger partial charge is 0.487 e. The average Bonchev–Trinajstić information content (AvgIpc) is 2.38. The summed E-state index contributed by atoms with van der Waals surface area (Å²) in [6.45, 7) is 2.46. The van der Waals surface area contributed by atoms with Gasteiger partial charge in [-0.25, -0.2) is 0 Å². The smallest absolute Gasteiger partial charge is 0.130 e. The summed E-state index contributed by atoms with van der Waals surface area (Å²) >= 11 is 9.40. The lowest BCUT2D eigenvalue weighted by molar-refractivity contribution is 0.297. The Bertz CT molecular complexity index is 531. The van der Waals surface area contributed by atoms with Gasteiger partial charge in [0.1, 0.15) is 12.4 Å². The van der Waals surface area contributed by atoms with E-state index >= 15 is 0 Å². The molecule has 4 heteroatoms. The Balaban J connectivity index is 2.19. The number of aromatic nitrogens is 1. The number of benzene rings is 1. The number of pyridine rings is 1. The van der Waals surface area contributed by atoms with Gasteiger partial charge in [-0.15, -0.1) is 11.6 Å². The van der Waals surface area contributed by atoms with E-state index in [2.05, 4.69) is 20.9 Å². The van der Waals surface area contributed by atoms with Crippen LogP contribution in [0.2, 0.25) is 0 Å². The topological polar surface area (TPSA) is 22.1 Å². The molecular formula is C14H13BrClNO. The van der Waals surface area contributed by atoms with Crippen LogP contribution < -0.4 is 4.74 Å². The molecular weight excluding hydrogens is 314 g/mol. The molecule has 0 saturated carbocycles. The SMILES string of the molecule is Cc1cc(Br)cc(CCl)c1OCc1ccccn1. The molecule has 0 aliphatic rings. The molecule has 0 radical (unpaired) electrons. The quantitative estimate of drug-likeness (QED) is 0.773. The van der Waals surface area contributed by atoms with Gasteiger partial charge in [0.2, 0.25) is 0 Å². The monoisotopic (exact) mass is 325 g/mol. The predicted octanol–water partition coefficient (Wildman–Crippen LogP) is 4.47. The molecule has 2 aromatic rings. The van der Waals surface area contributed by atoms with Gasteiger partial charge in [0.15, 0.2) is 0 Å². The highest BCUT2D eigenvalue weighted by Crippen LogP contribution is 2.29. The molecule has 1 heterocycles. The zero-order chi connectivity index (χ0) is 13.0. The van der Waals surface area contributed by atoms with Crippen molar-refractivity contribution < 1.29 is 4.74 Å². The van der Waals surface area contributed by atoms with Gasteiger partial charge >= 0.3 is 0 Å². The van der Waals surface area contributed by atoms with E-state index in [0.717, 1.165) is 27.0 Å². The summed E-state index contributed by atoms with van der Waals surface area (Å²) in [7, 11) is 0. The lowest BCUT2D eigenvalue weighted by Gasteiger charge is -2.13. The van der Waals surface area contributed by atoms with Crippen molar-refractivity contribution in [2.24, 2.45) is 0 Å². The van der Waals surface area contributed by atoms with Gasteiger partial charge in [0, 0.05) is 16.2 Å². The van der Waals surface area contributed by atoms with Gasteiger partial charge < -0.3 is 4.74 Å². The predicted molar refractivity (Wildman–Crippen MR) is 77.0 cm³/mol. The molecule has 94 valence electrons.